The van der Waals surface area contributed by atoms with Crippen LogP contribution in [0.5, 0.6) is 0 Å². The Labute approximate surface area is 100 Å². The lowest BCUT2D eigenvalue weighted by molar-refractivity contribution is 0.0950. The summed E-state index contributed by atoms with van der Waals surface area (Å²) in [5.41, 5.74) is 0.0603. The highest BCUT2D eigenvalue weighted by Crippen LogP contribution is 2.39. The minimum absolute atomic E-state index is 0.0159. The number of nitrogens with one attached hydrogen (secondary N) is 2. The lowest BCUT2D eigenvalue weighted by Gasteiger charge is -2.36. The number of hydrogen-bond donors (Lipinski definition) is 2. The molecule has 0 spiro atoms. The van der Waals surface area contributed by atoms with Gasteiger partial charge < -0.3 is 15.2 Å². The molecule has 1 amide bonds. The van der Waals surface area contributed by atoms with E-state index in [1.54, 1.807) is 7.05 Å². The van der Waals surface area contributed by atoms with Crippen LogP contribution in [0.15, 0.2) is 4.52 Å². The summed E-state index contributed by atoms with van der Waals surface area (Å²) in [6, 6.07) is 0.0159. The molecule has 0 aromatic carbocycles. The van der Waals surface area contributed by atoms with Crippen LogP contribution in [0, 0.1) is 5.41 Å². The lowest BCUT2D eigenvalue weighted by Crippen LogP contribution is -2.40. The smallest absolute Gasteiger partial charge is 0.292 e. The van der Waals surface area contributed by atoms with Crippen molar-refractivity contribution in [3.8, 4) is 0 Å². The SMILES string of the molecule is CNC(=O)c1noc(C2NCCCC2(C)C)n1. The minimum Gasteiger partial charge on any atom is -0.352 e. The molecule has 6 heteroatoms. The number of carbonyl (C=O) groups excluding carboxylic acids is 1. The largest absolute Gasteiger partial charge is 0.352 e. The predicted molar refractivity (Wildman–Crippen MR) is 61.4 cm³/mol. The van der Waals surface area contributed by atoms with Crippen LogP contribution in [0.25, 0.3) is 0 Å². The minimum atomic E-state index is -0.325. The molecule has 0 aliphatic carbocycles. The maximum absolute atomic E-state index is 11.4. The molecule has 1 aromatic rings. The van der Waals surface area contributed by atoms with E-state index in [1.165, 1.54) is 0 Å². The van der Waals surface area contributed by atoms with Gasteiger partial charge in [-0.2, -0.15) is 4.98 Å². The number of aromatic nitrogens is 2. The van der Waals surface area contributed by atoms with Crippen LogP contribution in [-0.2, 0) is 0 Å². The lowest BCUT2D eigenvalue weighted by atomic mass is 9.77. The summed E-state index contributed by atoms with van der Waals surface area (Å²) in [5.74, 6) is 0.257. The van der Waals surface area contributed by atoms with Gasteiger partial charge in [-0.1, -0.05) is 19.0 Å². The summed E-state index contributed by atoms with van der Waals surface area (Å²) in [7, 11) is 1.54. The van der Waals surface area contributed by atoms with E-state index in [0.717, 1.165) is 19.4 Å². The third kappa shape index (κ3) is 2.31. The molecule has 1 fully saturated rings. The van der Waals surface area contributed by atoms with E-state index in [1.807, 2.05) is 0 Å². The first-order chi connectivity index (χ1) is 8.04. The van der Waals surface area contributed by atoms with Crippen molar-refractivity contribution in [2.45, 2.75) is 32.7 Å². The highest BCUT2D eigenvalue weighted by Gasteiger charge is 2.37. The standard InChI is InChI=1S/C11H18N4O2/c1-11(2)5-4-6-13-7(11)10-14-8(15-17-10)9(16)12-3/h7,13H,4-6H2,1-3H3,(H,12,16). The molecular formula is C11H18N4O2. The molecule has 1 aliphatic heterocycles. The molecule has 6 nitrogen and oxygen atoms in total. The van der Waals surface area contributed by atoms with Crippen LogP contribution in [0.3, 0.4) is 0 Å². The van der Waals surface area contributed by atoms with Crippen LogP contribution < -0.4 is 10.6 Å². The van der Waals surface area contributed by atoms with Crippen molar-refractivity contribution in [3.05, 3.63) is 11.7 Å². The van der Waals surface area contributed by atoms with E-state index < -0.39 is 0 Å². The zero-order chi connectivity index (χ0) is 12.5. The van der Waals surface area contributed by atoms with Gasteiger partial charge >= 0.3 is 0 Å². The van der Waals surface area contributed by atoms with Crippen LogP contribution in [0.1, 0.15) is 49.2 Å². The molecule has 1 aromatic heterocycles. The average Bonchev–Trinajstić information content (AvgIpc) is 2.76. The number of piperidine rings is 1. The number of nitrogens with zero attached hydrogens (tertiary/aromatic N) is 2. The van der Waals surface area contributed by atoms with E-state index >= 15 is 0 Å². The summed E-state index contributed by atoms with van der Waals surface area (Å²) in [5, 5.41) is 9.53. The molecule has 2 rings (SSSR count). The molecule has 2 heterocycles. The van der Waals surface area contributed by atoms with Crippen LogP contribution in [-0.4, -0.2) is 29.6 Å². The van der Waals surface area contributed by atoms with E-state index in [9.17, 15) is 4.79 Å². The number of rotatable bonds is 2. The first-order valence-corrected chi connectivity index (χ1v) is 5.83. The summed E-state index contributed by atoms with van der Waals surface area (Å²) in [6.07, 6.45) is 2.24. The number of hydrogen-bond acceptors (Lipinski definition) is 5. The zero-order valence-corrected chi connectivity index (χ0v) is 10.4. The molecule has 0 saturated carbocycles. The van der Waals surface area contributed by atoms with Gasteiger partial charge in [0.25, 0.3) is 11.7 Å². The molecule has 2 N–H and O–H groups in total. The Bertz CT molecular complexity index is 413. The van der Waals surface area contributed by atoms with Gasteiger partial charge in [0.05, 0.1) is 6.04 Å². The first kappa shape index (κ1) is 12.0. The summed E-state index contributed by atoms with van der Waals surface area (Å²) < 4.78 is 5.18. The van der Waals surface area contributed by atoms with E-state index in [0.29, 0.717) is 5.89 Å². The van der Waals surface area contributed by atoms with Gasteiger partial charge in [-0.25, -0.2) is 0 Å². The fraction of sp³-hybridized carbons (Fsp3) is 0.727. The third-order valence-corrected chi connectivity index (χ3v) is 3.25. The monoisotopic (exact) mass is 238 g/mol. The van der Waals surface area contributed by atoms with Crippen molar-refractivity contribution in [1.29, 1.82) is 0 Å². The van der Waals surface area contributed by atoms with Gasteiger partial charge in [0, 0.05) is 7.05 Å². The number of amides is 1. The Morgan fingerprint density at radius 2 is 2.35 bits per heavy atom. The molecule has 94 valence electrons. The summed E-state index contributed by atoms with van der Waals surface area (Å²) >= 11 is 0. The Morgan fingerprint density at radius 1 is 1.59 bits per heavy atom. The Kier molecular flexibility index (Phi) is 3.15. The Balaban J connectivity index is 2.21. The van der Waals surface area contributed by atoms with Gasteiger partial charge in [-0.05, 0) is 24.8 Å². The molecule has 1 atom stereocenters. The second kappa shape index (κ2) is 4.44. The quantitative estimate of drug-likeness (QED) is 0.799. The fourth-order valence-corrected chi connectivity index (χ4v) is 2.19. The normalized spacial score (nSPS) is 23.4. The third-order valence-electron chi connectivity index (χ3n) is 3.25. The zero-order valence-electron chi connectivity index (χ0n) is 10.4. The molecule has 1 unspecified atom stereocenters. The van der Waals surface area contributed by atoms with Gasteiger partial charge in [-0.15, -0.1) is 0 Å². The van der Waals surface area contributed by atoms with Crippen molar-refractivity contribution in [2.24, 2.45) is 5.41 Å². The van der Waals surface area contributed by atoms with Crippen molar-refractivity contribution in [1.82, 2.24) is 20.8 Å². The summed E-state index contributed by atoms with van der Waals surface area (Å²) in [6.45, 7) is 5.26. The van der Waals surface area contributed by atoms with Gasteiger partial charge in [0.2, 0.25) is 5.89 Å². The highest BCUT2D eigenvalue weighted by molar-refractivity contribution is 5.89. The van der Waals surface area contributed by atoms with Gasteiger partial charge in [0.1, 0.15) is 0 Å². The maximum atomic E-state index is 11.4. The predicted octanol–water partition coefficient (Wildman–Crippen LogP) is 0.880. The molecule has 1 saturated heterocycles. The number of carbonyl (C=O) groups is 1. The van der Waals surface area contributed by atoms with Gasteiger partial charge in [-0.3, -0.25) is 4.79 Å². The maximum Gasteiger partial charge on any atom is 0.292 e. The van der Waals surface area contributed by atoms with Crippen LogP contribution >= 0.6 is 0 Å². The topological polar surface area (TPSA) is 80.0 Å². The first-order valence-electron chi connectivity index (χ1n) is 5.83. The molecule has 1 aliphatic rings. The Hall–Kier alpha value is -1.43. The van der Waals surface area contributed by atoms with E-state index in [4.69, 9.17) is 4.52 Å². The van der Waals surface area contributed by atoms with Crippen molar-refractivity contribution in [3.63, 3.8) is 0 Å². The molecular weight excluding hydrogens is 220 g/mol. The van der Waals surface area contributed by atoms with Gasteiger partial charge in [0.15, 0.2) is 0 Å². The molecule has 17 heavy (non-hydrogen) atoms. The highest BCUT2D eigenvalue weighted by atomic mass is 16.5. The second-order valence-corrected chi connectivity index (χ2v) is 5.01. The van der Waals surface area contributed by atoms with Crippen molar-refractivity contribution >= 4 is 5.91 Å². The van der Waals surface area contributed by atoms with Crippen molar-refractivity contribution < 1.29 is 9.32 Å². The fourth-order valence-electron chi connectivity index (χ4n) is 2.19. The molecule has 0 radical (unpaired) electrons. The summed E-state index contributed by atoms with van der Waals surface area (Å²) in [4.78, 5) is 15.5. The van der Waals surface area contributed by atoms with Crippen LogP contribution in [0.4, 0.5) is 0 Å². The second-order valence-electron chi connectivity index (χ2n) is 5.01. The van der Waals surface area contributed by atoms with Crippen molar-refractivity contribution in [2.75, 3.05) is 13.6 Å². The average molecular weight is 238 g/mol. The molecule has 0 bridgehead atoms. The van der Waals surface area contributed by atoms with E-state index in [-0.39, 0.29) is 23.2 Å². The van der Waals surface area contributed by atoms with E-state index in [2.05, 4.69) is 34.6 Å². The van der Waals surface area contributed by atoms with Crippen LogP contribution in [0.2, 0.25) is 0 Å². The Morgan fingerprint density at radius 3 is 3.00 bits per heavy atom.